The molecule has 2 heterocycles. The van der Waals surface area contributed by atoms with Crippen molar-refractivity contribution in [3.05, 3.63) is 71.4 Å². The zero-order valence-electron chi connectivity index (χ0n) is 18.4. The minimum absolute atomic E-state index is 0.0159. The van der Waals surface area contributed by atoms with Crippen molar-refractivity contribution < 1.29 is 19.1 Å². The Morgan fingerprint density at radius 3 is 2.58 bits per heavy atom. The van der Waals surface area contributed by atoms with Gasteiger partial charge in [-0.2, -0.15) is 0 Å². The molecule has 2 aliphatic heterocycles. The summed E-state index contributed by atoms with van der Waals surface area (Å²) in [6, 6.07) is 16.2. The van der Waals surface area contributed by atoms with Crippen LogP contribution < -0.4 is 15.4 Å². The van der Waals surface area contributed by atoms with E-state index in [1.165, 1.54) is 4.90 Å². The molecule has 1 fully saturated rings. The molecule has 1 saturated carbocycles. The van der Waals surface area contributed by atoms with E-state index in [4.69, 9.17) is 4.74 Å². The van der Waals surface area contributed by atoms with Gasteiger partial charge >= 0.3 is 6.03 Å². The number of hydrogen-bond acceptors (Lipinski definition) is 4. The van der Waals surface area contributed by atoms with Crippen molar-refractivity contribution in [3.8, 4) is 11.5 Å². The zero-order valence-corrected chi connectivity index (χ0v) is 18.4. The number of nitrogens with one attached hydrogen (secondary N) is 2. The molecule has 1 aliphatic carbocycles. The molecule has 2 aromatic carbocycles. The minimum Gasteiger partial charge on any atom is -0.457 e. The Morgan fingerprint density at radius 2 is 1.85 bits per heavy atom. The molecule has 33 heavy (non-hydrogen) atoms. The van der Waals surface area contributed by atoms with Crippen LogP contribution in [0.15, 0.2) is 65.9 Å². The summed E-state index contributed by atoms with van der Waals surface area (Å²) < 4.78 is 5.95. The van der Waals surface area contributed by atoms with Crippen LogP contribution in [-0.2, 0) is 9.59 Å². The van der Waals surface area contributed by atoms with Gasteiger partial charge in [0.05, 0.1) is 23.9 Å². The lowest BCUT2D eigenvalue weighted by Crippen LogP contribution is -2.47. The molecule has 3 aliphatic rings. The van der Waals surface area contributed by atoms with Gasteiger partial charge in [-0.05, 0) is 49.6 Å². The Morgan fingerprint density at radius 1 is 1.09 bits per heavy atom. The third-order valence-electron chi connectivity index (χ3n) is 6.06. The fourth-order valence-electron chi connectivity index (χ4n) is 4.32. The number of hydrogen-bond donors (Lipinski definition) is 2. The van der Waals surface area contributed by atoms with Crippen LogP contribution in [0, 0.1) is 0 Å². The highest BCUT2D eigenvalue weighted by atomic mass is 16.5. The number of ether oxygens (including phenoxy) is 1. The number of carbonyl (C=O) groups is 3. The second-order valence-corrected chi connectivity index (χ2v) is 8.48. The van der Waals surface area contributed by atoms with Crippen LogP contribution in [0.3, 0.4) is 0 Å². The lowest BCUT2D eigenvalue weighted by Gasteiger charge is -2.33. The maximum Gasteiger partial charge on any atom is 0.322 e. The molecule has 4 amide bonds. The van der Waals surface area contributed by atoms with Crippen LogP contribution in [0.2, 0.25) is 0 Å². The summed E-state index contributed by atoms with van der Waals surface area (Å²) >= 11 is 0. The Bertz CT molecular complexity index is 1130. The minimum atomic E-state index is -0.612. The van der Waals surface area contributed by atoms with Crippen LogP contribution in [0.4, 0.5) is 4.79 Å². The summed E-state index contributed by atoms with van der Waals surface area (Å²) in [5.41, 5.74) is 1.91. The molecule has 0 bridgehead atoms. The van der Waals surface area contributed by atoms with Gasteiger partial charge in [0, 0.05) is 12.6 Å². The molecule has 2 N–H and O–H groups in total. The molecule has 2 aromatic rings. The van der Waals surface area contributed by atoms with Crippen molar-refractivity contribution in [2.24, 2.45) is 0 Å². The second-order valence-electron chi connectivity index (χ2n) is 8.48. The summed E-state index contributed by atoms with van der Waals surface area (Å²) in [5.74, 6) is 0.917. The van der Waals surface area contributed by atoms with E-state index in [1.54, 1.807) is 4.90 Å². The molecule has 0 spiro atoms. The Hall–Kier alpha value is -3.81. The first-order valence-electron chi connectivity index (χ1n) is 11.3. The number of benzene rings is 2. The van der Waals surface area contributed by atoms with Crippen LogP contribution in [0.1, 0.15) is 31.4 Å². The van der Waals surface area contributed by atoms with Gasteiger partial charge in [0.1, 0.15) is 18.0 Å². The predicted molar refractivity (Wildman–Crippen MR) is 121 cm³/mol. The third-order valence-corrected chi connectivity index (χ3v) is 6.06. The highest BCUT2D eigenvalue weighted by Gasteiger charge is 2.44. The first kappa shape index (κ1) is 21.1. The lowest BCUT2D eigenvalue weighted by molar-refractivity contribution is -0.132. The Kier molecular flexibility index (Phi) is 5.50. The van der Waals surface area contributed by atoms with E-state index in [2.05, 4.69) is 10.6 Å². The first-order valence-corrected chi connectivity index (χ1v) is 11.3. The van der Waals surface area contributed by atoms with E-state index >= 15 is 0 Å². The summed E-state index contributed by atoms with van der Waals surface area (Å²) in [6.45, 7) is 2.53. The summed E-state index contributed by atoms with van der Waals surface area (Å²) in [7, 11) is 0. The zero-order chi connectivity index (χ0) is 22.9. The van der Waals surface area contributed by atoms with Crippen LogP contribution >= 0.6 is 0 Å². The molecule has 5 rings (SSSR count). The molecular formula is C25H26N4O4. The van der Waals surface area contributed by atoms with Crippen LogP contribution in [0.25, 0.3) is 0 Å². The molecule has 0 unspecified atom stereocenters. The normalized spacial score (nSPS) is 20.0. The van der Waals surface area contributed by atoms with Gasteiger partial charge in [0.15, 0.2) is 0 Å². The summed E-state index contributed by atoms with van der Waals surface area (Å²) in [4.78, 5) is 41.7. The van der Waals surface area contributed by atoms with E-state index in [-0.39, 0.29) is 37.0 Å². The van der Waals surface area contributed by atoms with Gasteiger partial charge in [0.2, 0.25) is 5.91 Å². The topological polar surface area (TPSA) is 91.0 Å². The molecule has 0 aromatic heterocycles. The molecule has 170 valence electrons. The number of urea groups is 1. The number of amides is 4. The van der Waals surface area contributed by atoms with Crippen molar-refractivity contribution in [1.29, 1.82) is 0 Å². The molecule has 8 nitrogen and oxygen atoms in total. The van der Waals surface area contributed by atoms with Crippen molar-refractivity contribution in [1.82, 2.24) is 20.4 Å². The van der Waals surface area contributed by atoms with Crippen molar-refractivity contribution >= 4 is 17.8 Å². The molecular weight excluding hydrogens is 420 g/mol. The second kappa shape index (κ2) is 8.61. The number of rotatable bonds is 7. The maximum absolute atomic E-state index is 13.4. The largest absolute Gasteiger partial charge is 0.457 e. The van der Waals surface area contributed by atoms with E-state index in [0.717, 1.165) is 18.4 Å². The van der Waals surface area contributed by atoms with Gasteiger partial charge in [-0.25, -0.2) is 4.79 Å². The van der Waals surface area contributed by atoms with Crippen molar-refractivity contribution in [3.63, 3.8) is 0 Å². The van der Waals surface area contributed by atoms with Crippen LogP contribution in [-0.4, -0.2) is 53.3 Å². The quantitative estimate of drug-likeness (QED) is 0.684. The Labute approximate surface area is 192 Å². The molecule has 8 heteroatoms. The monoisotopic (exact) mass is 446 g/mol. The smallest absolute Gasteiger partial charge is 0.322 e. The molecule has 0 radical (unpaired) electrons. The van der Waals surface area contributed by atoms with Crippen molar-refractivity contribution in [2.75, 3.05) is 19.6 Å². The lowest BCUT2D eigenvalue weighted by atomic mass is 9.95. The predicted octanol–water partition coefficient (Wildman–Crippen LogP) is 2.94. The van der Waals surface area contributed by atoms with Gasteiger partial charge in [-0.3, -0.25) is 14.5 Å². The van der Waals surface area contributed by atoms with Gasteiger partial charge < -0.3 is 20.3 Å². The average molecular weight is 447 g/mol. The number of likely N-dealkylation sites (N-methyl/N-ethyl adjacent to an activating group) is 1. The highest BCUT2D eigenvalue weighted by molar-refractivity contribution is 6.03. The average Bonchev–Trinajstić information content (AvgIpc) is 3.57. The Balaban J connectivity index is 1.42. The van der Waals surface area contributed by atoms with Gasteiger partial charge in [0.25, 0.3) is 5.91 Å². The highest BCUT2D eigenvalue weighted by Crippen LogP contribution is 2.37. The van der Waals surface area contributed by atoms with Gasteiger partial charge in [-0.1, -0.05) is 30.3 Å². The van der Waals surface area contributed by atoms with E-state index in [9.17, 15) is 14.4 Å². The maximum atomic E-state index is 13.4. The van der Waals surface area contributed by atoms with E-state index in [1.807, 2.05) is 61.5 Å². The summed E-state index contributed by atoms with van der Waals surface area (Å²) in [6.07, 6.45) is 1.97. The first-order chi connectivity index (χ1) is 16.0. The van der Waals surface area contributed by atoms with E-state index < -0.39 is 6.04 Å². The standard InChI is InChI=1S/C25H26N4O4/c1-2-29-20-14-28(15-21(30)26-17-11-12-17)24(31)22(20)23(27-25(29)32)16-7-6-10-19(13-16)33-18-8-4-3-5-9-18/h3-10,13,17,23H,2,11-12,14-15H2,1H3,(H,26,30)(H,27,32)/t23-/m1/s1. The molecule has 0 saturated heterocycles. The van der Waals surface area contributed by atoms with E-state index in [0.29, 0.717) is 29.3 Å². The number of carbonyl (C=O) groups excluding carboxylic acids is 3. The number of nitrogens with zero attached hydrogens (tertiary/aromatic N) is 2. The molecule has 1 atom stereocenters. The SMILES string of the molecule is CCN1C(=O)N[C@H](c2cccc(Oc3ccccc3)c2)C2=C1CN(CC(=O)NC1CC1)C2=O. The van der Waals surface area contributed by atoms with Gasteiger partial charge in [-0.15, -0.1) is 0 Å². The fraction of sp³-hybridized carbons (Fsp3) is 0.320. The summed E-state index contributed by atoms with van der Waals surface area (Å²) in [5, 5.41) is 5.89. The number of para-hydroxylation sites is 1. The van der Waals surface area contributed by atoms with Crippen LogP contribution in [0.5, 0.6) is 11.5 Å². The van der Waals surface area contributed by atoms with Crippen molar-refractivity contribution in [2.45, 2.75) is 31.8 Å². The fourth-order valence-corrected chi connectivity index (χ4v) is 4.32. The third kappa shape index (κ3) is 4.28.